The Bertz CT molecular complexity index is 1090. The fourth-order valence-corrected chi connectivity index (χ4v) is 9.66. The predicted octanol–water partition coefficient (Wildman–Crippen LogP) is 9.51. The van der Waals surface area contributed by atoms with E-state index in [0.717, 1.165) is 53.3 Å². The molecule has 3 fully saturated rings. The Morgan fingerprint density at radius 3 is 2.51 bits per heavy atom. The van der Waals surface area contributed by atoms with Gasteiger partial charge in [-0.05, 0) is 140 Å². The maximum Gasteiger partial charge on any atom is 0.191 e. The topological polar surface area (TPSA) is 36.4 Å². The molecule has 0 heterocycles. The van der Waals surface area contributed by atoms with Crippen LogP contribution < -0.4 is 10.7 Å². The van der Waals surface area contributed by atoms with Crippen molar-refractivity contribution >= 4 is 28.7 Å². The summed E-state index contributed by atoms with van der Waals surface area (Å²) in [4.78, 5) is 0. The van der Waals surface area contributed by atoms with Gasteiger partial charge in [0, 0.05) is 5.69 Å². The number of hydrogen-bond donors (Lipinski definition) is 2. The lowest BCUT2D eigenvalue weighted by atomic mass is 9.46. The molecule has 1 aromatic carbocycles. The third-order valence-electron chi connectivity index (χ3n) is 11.6. The minimum atomic E-state index is -0.256. The van der Waals surface area contributed by atoms with Gasteiger partial charge in [0.2, 0.25) is 0 Å². The van der Waals surface area contributed by atoms with E-state index in [1.807, 2.05) is 0 Å². The molecule has 1 aromatic rings. The third-order valence-corrected chi connectivity index (χ3v) is 11.8. The summed E-state index contributed by atoms with van der Waals surface area (Å²) in [5.41, 5.74) is 7.36. The van der Waals surface area contributed by atoms with Crippen molar-refractivity contribution in [1.29, 1.82) is 0 Å². The van der Waals surface area contributed by atoms with Crippen LogP contribution in [0.1, 0.15) is 105 Å². The number of thiocarbonyl (C=S) groups is 1. The zero-order valence-corrected chi connectivity index (χ0v) is 25.7. The molecule has 0 saturated heterocycles. The first-order chi connectivity index (χ1) is 18.6. The van der Waals surface area contributed by atoms with E-state index in [4.69, 9.17) is 12.2 Å². The average Bonchev–Trinajstić information content (AvgIpc) is 3.26. The van der Waals surface area contributed by atoms with Crippen molar-refractivity contribution in [2.75, 3.05) is 5.32 Å². The molecule has 0 radical (unpaired) electrons. The molecule has 0 unspecified atom stereocenters. The van der Waals surface area contributed by atoms with Gasteiger partial charge in [-0.3, -0.25) is 5.43 Å². The molecular formula is C34H50FN3S. The Morgan fingerprint density at radius 1 is 1.00 bits per heavy atom. The van der Waals surface area contributed by atoms with E-state index in [1.54, 1.807) is 17.7 Å². The van der Waals surface area contributed by atoms with Crippen LogP contribution in [-0.2, 0) is 0 Å². The van der Waals surface area contributed by atoms with Crippen LogP contribution in [0.5, 0.6) is 0 Å². The molecule has 0 spiro atoms. The van der Waals surface area contributed by atoms with E-state index in [-0.39, 0.29) is 5.82 Å². The van der Waals surface area contributed by atoms with Crippen LogP contribution in [0, 0.1) is 52.2 Å². The lowest BCUT2D eigenvalue weighted by molar-refractivity contribution is -0.0573. The molecule has 214 valence electrons. The van der Waals surface area contributed by atoms with E-state index >= 15 is 0 Å². The van der Waals surface area contributed by atoms with Crippen molar-refractivity contribution in [3.8, 4) is 0 Å². The van der Waals surface area contributed by atoms with E-state index in [2.05, 4.69) is 56.5 Å². The molecule has 7 atom stereocenters. The Labute approximate surface area is 241 Å². The van der Waals surface area contributed by atoms with Gasteiger partial charge < -0.3 is 5.32 Å². The molecular weight excluding hydrogens is 501 g/mol. The predicted molar refractivity (Wildman–Crippen MR) is 166 cm³/mol. The second kappa shape index (κ2) is 11.6. The number of halogens is 1. The van der Waals surface area contributed by atoms with Crippen molar-refractivity contribution in [3.63, 3.8) is 0 Å². The molecule has 0 bridgehead atoms. The van der Waals surface area contributed by atoms with Crippen LogP contribution in [-0.4, -0.2) is 10.8 Å². The Balaban J connectivity index is 1.22. The summed E-state index contributed by atoms with van der Waals surface area (Å²) < 4.78 is 13.2. The molecule has 4 aliphatic rings. The number of benzene rings is 1. The van der Waals surface area contributed by atoms with E-state index in [0.29, 0.717) is 15.9 Å². The molecule has 0 amide bonds. The highest BCUT2D eigenvalue weighted by Gasteiger charge is 2.59. The van der Waals surface area contributed by atoms with Crippen LogP contribution in [0.4, 0.5) is 10.1 Å². The smallest absolute Gasteiger partial charge is 0.191 e. The van der Waals surface area contributed by atoms with Crippen LogP contribution in [0.25, 0.3) is 0 Å². The number of nitrogens with one attached hydrogen (secondary N) is 2. The summed E-state index contributed by atoms with van der Waals surface area (Å²) in [6.07, 6.45) is 17.1. The van der Waals surface area contributed by atoms with Crippen LogP contribution in [0.2, 0.25) is 0 Å². The highest BCUT2D eigenvalue weighted by Crippen LogP contribution is 2.67. The summed E-state index contributed by atoms with van der Waals surface area (Å²) in [5.74, 6) is 4.99. The van der Waals surface area contributed by atoms with Crippen molar-refractivity contribution in [2.24, 2.45) is 51.4 Å². The summed E-state index contributed by atoms with van der Waals surface area (Å²) in [6, 6.07) is 6.21. The summed E-state index contributed by atoms with van der Waals surface area (Å²) in [5, 5.41) is 8.19. The van der Waals surface area contributed by atoms with Gasteiger partial charge in [-0.1, -0.05) is 59.5 Å². The van der Waals surface area contributed by atoms with Crippen molar-refractivity contribution < 1.29 is 4.39 Å². The van der Waals surface area contributed by atoms with E-state index in [1.165, 1.54) is 76.3 Å². The number of nitrogens with zero attached hydrogens (tertiary/aromatic N) is 1. The highest BCUT2D eigenvalue weighted by molar-refractivity contribution is 7.80. The zero-order valence-electron chi connectivity index (χ0n) is 24.9. The maximum atomic E-state index is 13.2. The van der Waals surface area contributed by atoms with Gasteiger partial charge in [0.1, 0.15) is 5.82 Å². The number of hydrazone groups is 1. The SMILES string of the molecule is CC(C)CCC[C@@H](C)[C@@H]1CC[C@@H]2[C@H]3CCC4=C/C(=N\NC(=S)Nc5ccc(F)cc5)CC[C@]4(C)[C@@H]3CC[C@]21C. The van der Waals surface area contributed by atoms with Crippen LogP contribution in [0.3, 0.4) is 0 Å². The standard InChI is InChI=1S/C34H50FN3S/c1-22(2)7-6-8-23(3)29-15-16-30-28-14-9-24-21-27(17-19-33(24,4)31(28)18-20-34(29,30)5)37-38-32(39)36-26-12-10-25(35)11-13-26/h10-13,21-23,28-31H,6-9,14-20H2,1-5H3,(H2,36,38,39)/b37-27-/t23-,28-,29+,30-,31-,33+,34+/m1/s1. The van der Waals surface area contributed by atoms with Gasteiger partial charge in [-0.15, -0.1) is 0 Å². The van der Waals surface area contributed by atoms with E-state index < -0.39 is 0 Å². The average molecular weight is 552 g/mol. The minimum Gasteiger partial charge on any atom is -0.331 e. The Morgan fingerprint density at radius 2 is 1.77 bits per heavy atom. The number of fused-ring (bicyclic) bond motifs is 5. The molecule has 5 heteroatoms. The fraction of sp³-hybridized carbons (Fsp3) is 0.706. The number of allylic oxidation sites excluding steroid dienone is 2. The maximum absolute atomic E-state index is 13.2. The quantitative estimate of drug-likeness (QED) is 0.262. The third kappa shape index (κ3) is 5.85. The van der Waals surface area contributed by atoms with Crippen molar-refractivity contribution in [3.05, 3.63) is 41.7 Å². The molecule has 0 aromatic heterocycles. The lowest BCUT2D eigenvalue weighted by Gasteiger charge is -2.58. The van der Waals surface area contributed by atoms with Crippen LogP contribution in [0.15, 0.2) is 41.0 Å². The van der Waals surface area contributed by atoms with Crippen molar-refractivity contribution in [2.45, 2.75) is 105 Å². The van der Waals surface area contributed by atoms with Crippen molar-refractivity contribution in [1.82, 2.24) is 5.43 Å². The number of hydrogen-bond acceptors (Lipinski definition) is 2. The van der Waals surface area contributed by atoms with E-state index in [9.17, 15) is 4.39 Å². The normalized spacial score (nSPS) is 35.6. The Hall–Kier alpha value is -1.75. The highest BCUT2D eigenvalue weighted by atomic mass is 32.1. The monoisotopic (exact) mass is 551 g/mol. The minimum absolute atomic E-state index is 0.256. The first-order valence-electron chi connectivity index (χ1n) is 15.7. The zero-order chi connectivity index (χ0) is 27.8. The fourth-order valence-electron chi connectivity index (χ4n) is 9.50. The molecule has 2 N–H and O–H groups in total. The largest absolute Gasteiger partial charge is 0.331 e. The molecule has 3 nitrogen and oxygen atoms in total. The number of rotatable bonds is 7. The van der Waals surface area contributed by atoms with Crippen LogP contribution >= 0.6 is 12.2 Å². The summed E-state index contributed by atoms with van der Waals surface area (Å²) in [7, 11) is 0. The lowest BCUT2D eigenvalue weighted by Crippen LogP contribution is -2.51. The first-order valence-corrected chi connectivity index (χ1v) is 16.1. The van der Waals surface area contributed by atoms with Gasteiger partial charge in [-0.25, -0.2) is 4.39 Å². The molecule has 0 aliphatic heterocycles. The molecule has 5 rings (SSSR count). The Kier molecular flexibility index (Phi) is 8.57. The molecule has 39 heavy (non-hydrogen) atoms. The summed E-state index contributed by atoms with van der Waals surface area (Å²) >= 11 is 5.42. The first kappa shape index (κ1) is 28.8. The van der Waals surface area contributed by atoms with Gasteiger partial charge >= 0.3 is 0 Å². The molecule has 3 saturated carbocycles. The second-order valence-electron chi connectivity index (χ2n) is 14.2. The van der Waals surface area contributed by atoms with Gasteiger partial charge in [0.05, 0.1) is 5.71 Å². The second-order valence-corrected chi connectivity index (χ2v) is 14.6. The molecule has 4 aliphatic carbocycles. The van der Waals surface area contributed by atoms with Gasteiger partial charge in [-0.2, -0.15) is 5.10 Å². The number of anilines is 1. The van der Waals surface area contributed by atoms with Gasteiger partial charge in [0.25, 0.3) is 0 Å². The van der Waals surface area contributed by atoms with Gasteiger partial charge in [0.15, 0.2) is 5.11 Å². The summed E-state index contributed by atoms with van der Waals surface area (Å²) in [6.45, 7) is 12.6.